The number of likely N-dealkylation sites (tertiary alicyclic amines) is 1. The minimum Gasteiger partial charge on any atom is -0.308 e. The summed E-state index contributed by atoms with van der Waals surface area (Å²) < 4.78 is 0. The van der Waals surface area contributed by atoms with Gasteiger partial charge in [-0.05, 0) is 42.9 Å². The van der Waals surface area contributed by atoms with Gasteiger partial charge in [0.15, 0.2) is 0 Å². The third-order valence-electron chi connectivity index (χ3n) is 3.42. The van der Waals surface area contributed by atoms with Crippen LogP contribution in [0.1, 0.15) is 11.3 Å². The van der Waals surface area contributed by atoms with E-state index < -0.39 is 0 Å². The van der Waals surface area contributed by atoms with Crippen LogP contribution in [-0.2, 0) is 6.54 Å². The molecule has 0 bridgehead atoms. The van der Waals surface area contributed by atoms with E-state index in [4.69, 9.17) is 0 Å². The smallest absolute Gasteiger partial charge is 0.0351 e. The van der Waals surface area contributed by atoms with Gasteiger partial charge in [-0.25, -0.2) is 0 Å². The zero-order valence-corrected chi connectivity index (χ0v) is 12.2. The molecule has 1 fully saturated rings. The molecule has 0 amide bonds. The van der Waals surface area contributed by atoms with E-state index in [0.717, 1.165) is 6.54 Å². The summed E-state index contributed by atoms with van der Waals surface area (Å²) in [5.41, 5.74) is 1.37. The van der Waals surface area contributed by atoms with Gasteiger partial charge in [0.2, 0.25) is 0 Å². The Labute approximate surface area is 116 Å². The lowest BCUT2D eigenvalue weighted by Gasteiger charge is -2.11. The van der Waals surface area contributed by atoms with Crippen molar-refractivity contribution in [1.29, 1.82) is 0 Å². The molecule has 18 heavy (non-hydrogen) atoms. The number of hydrogen-bond donors (Lipinski definition) is 1. The quantitative estimate of drug-likeness (QED) is 0.923. The molecule has 0 aliphatic carbocycles. The van der Waals surface area contributed by atoms with Crippen molar-refractivity contribution in [2.45, 2.75) is 19.0 Å². The maximum Gasteiger partial charge on any atom is 0.0351 e. The van der Waals surface area contributed by atoms with E-state index in [1.807, 2.05) is 22.7 Å². The van der Waals surface area contributed by atoms with Gasteiger partial charge in [-0.2, -0.15) is 0 Å². The van der Waals surface area contributed by atoms with Crippen LogP contribution in [0.4, 0.5) is 0 Å². The topological polar surface area (TPSA) is 15.3 Å². The zero-order valence-electron chi connectivity index (χ0n) is 10.6. The molecule has 0 aromatic carbocycles. The predicted octanol–water partition coefficient (Wildman–Crippen LogP) is 3.27. The molecule has 4 heteroatoms. The van der Waals surface area contributed by atoms with Gasteiger partial charge in [0, 0.05) is 34.4 Å². The Kier molecular flexibility index (Phi) is 3.80. The van der Waals surface area contributed by atoms with E-state index in [0.29, 0.717) is 6.04 Å². The summed E-state index contributed by atoms with van der Waals surface area (Å²) >= 11 is 3.68. The maximum atomic E-state index is 3.66. The van der Waals surface area contributed by atoms with Crippen molar-refractivity contribution in [2.24, 2.45) is 0 Å². The minimum atomic E-state index is 0.669. The number of likely N-dealkylation sites (N-methyl/N-ethyl adjacent to an activating group) is 1. The Hall–Kier alpha value is -0.680. The van der Waals surface area contributed by atoms with Crippen molar-refractivity contribution in [3.05, 3.63) is 33.8 Å². The van der Waals surface area contributed by atoms with E-state index in [-0.39, 0.29) is 0 Å². The van der Waals surface area contributed by atoms with Crippen molar-refractivity contribution in [3.8, 4) is 10.4 Å². The predicted molar refractivity (Wildman–Crippen MR) is 80.4 cm³/mol. The molecular formula is C14H18N2S2. The Morgan fingerprint density at radius 2 is 2.39 bits per heavy atom. The molecule has 0 radical (unpaired) electrons. The molecule has 2 nitrogen and oxygen atoms in total. The Balaban J connectivity index is 1.57. The first-order valence-electron chi connectivity index (χ1n) is 6.34. The molecule has 1 unspecified atom stereocenters. The average Bonchev–Trinajstić information content (AvgIpc) is 3.07. The highest BCUT2D eigenvalue weighted by atomic mass is 32.1. The molecule has 1 saturated heterocycles. The summed E-state index contributed by atoms with van der Waals surface area (Å²) in [5.74, 6) is 0. The molecular weight excluding hydrogens is 260 g/mol. The molecule has 0 saturated carbocycles. The van der Waals surface area contributed by atoms with Crippen molar-refractivity contribution >= 4 is 22.7 Å². The minimum absolute atomic E-state index is 0.669. The first-order chi connectivity index (χ1) is 8.81. The van der Waals surface area contributed by atoms with Crippen LogP contribution >= 0.6 is 22.7 Å². The molecule has 2 aromatic rings. The van der Waals surface area contributed by atoms with Crippen LogP contribution in [0.5, 0.6) is 0 Å². The monoisotopic (exact) mass is 278 g/mol. The summed E-state index contributed by atoms with van der Waals surface area (Å²) in [6.07, 6.45) is 1.28. The highest BCUT2D eigenvalue weighted by Crippen LogP contribution is 2.29. The van der Waals surface area contributed by atoms with Crippen molar-refractivity contribution in [2.75, 3.05) is 20.1 Å². The Morgan fingerprint density at radius 3 is 3.11 bits per heavy atom. The summed E-state index contributed by atoms with van der Waals surface area (Å²) in [6.45, 7) is 3.42. The first-order valence-corrected chi connectivity index (χ1v) is 8.10. The van der Waals surface area contributed by atoms with Gasteiger partial charge in [-0.15, -0.1) is 22.7 Å². The van der Waals surface area contributed by atoms with Crippen LogP contribution in [0.2, 0.25) is 0 Å². The summed E-state index contributed by atoms with van der Waals surface area (Å²) in [5, 5.41) is 8.06. The second kappa shape index (κ2) is 5.53. The highest BCUT2D eigenvalue weighted by molar-refractivity contribution is 7.14. The van der Waals surface area contributed by atoms with Gasteiger partial charge in [0.05, 0.1) is 0 Å². The van der Waals surface area contributed by atoms with Gasteiger partial charge in [0.25, 0.3) is 0 Å². The van der Waals surface area contributed by atoms with E-state index in [2.05, 4.69) is 46.2 Å². The van der Waals surface area contributed by atoms with Crippen LogP contribution in [0, 0.1) is 0 Å². The lowest BCUT2D eigenvalue weighted by Crippen LogP contribution is -2.30. The van der Waals surface area contributed by atoms with Gasteiger partial charge in [0.1, 0.15) is 0 Å². The summed E-state index contributed by atoms with van der Waals surface area (Å²) in [4.78, 5) is 5.20. The van der Waals surface area contributed by atoms with Crippen molar-refractivity contribution in [1.82, 2.24) is 10.2 Å². The maximum absolute atomic E-state index is 3.66. The van der Waals surface area contributed by atoms with Crippen molar-refractivity contribution < 1.29 is 0 Å². The largest absolute Gasteiger partial charge is 0.308 e. The fourth-order valence-corrected chi connectivity index (χ4v) is 4.02. The molecule has 1 atom stereocenters. The van der Waals surface area contributed by atoms with E-state index in [1.165, 1.54) is 34.8 Å². The SMILES string of the molecule is CN1CCC(NCc2cc(-c3cccs3)cs2)C1. The molecule has 1 aliphatic heterocycles. The standard InChI is InChI=1S/C14H18N2S2/c1-16-5-4-12(9-16)15-8-13-7-11(10-18-13)14-3-2-6-17-14/h2-3,6-7,10,12,15H,4-5,8-9H2,1H3. The molecule has 3 heterocycles. The fraction of sp³-hybridized carbons (Fsp3) is 0.429. The lowest BCUT2D eigenvalue weighted by atomic mass is 10.2. The third kappa shape index (κ3) is 2.83. The molecule has 1 aliphatic rings. The van der Waals surface area contributed by atoms with Gasteiger partial charge in [-0.3, -0.25) is 0 Å². The van der Waals surface area contributed by atoms with Crippen LogP contribution in [0.15, 0.2) is 29.0 Å². The number of rotatable bonds is 4. The third-order valence-corrected chi connectivity index (χ3v) is 5.27. The Bertz CT molecular complexity index is 490. The van der Waals surface area contributed by atoms with Crippen molar-refractivity contribution in [3.63, 3.8) is 0 Å². The summed E-state index contributed by atoms with van der Waals surface area (Å²) in [7, 11) is 2.20. The van der Waals surface area contributed by atoms with Crippen LogP contribution in [-0.4, -0.2) is 31.1 Å². The van der Waals surface area contributed by atoms with E-state index in [9.17, 15) is 0 Å². The second-order valence-corrected chi connectivity index (χ2v) is 6.85. The number of thiophene rings is 2. The van der Waals surface area contributed by atoms with E-state index >= 15 is 0 Å². The molecule has 3 rings (SSSR count). The molecule has 2 aromatic heterocycles. The van der Waals surface area contributed by atoms with E-state index in [1.54, 1.807) is 0 Å². The van der Waals surface area contributed by atoms with Crippen LogP contribution < -0.4 is 5.32 Å². The van der Waals surface area contributed by atoms with Gasteiger partial charge >= 0.3 is 0 Å². The summed E-state index contributed by atoms with van der Waals surface area (Å²) in [6, 6.07) is 7.30. The number of nitrogens with one attached hydrogen (secondary N) is 1. The zero-order chi connectivity index (χ0) is 12.4. The average molecular weight is 278 g/mol. The van der Waals surface area contributed by atoms with Gasteiger partial charge in [-0.1, -0.05) is 6.07 Å². The Morgan fingerprint density at radius 1 is 1.44 bits per heavy atom. The highest BCUT2D eigenvalue weighted by Gasteiger charge is 2.18. The normalized spacial score (nSPS) is 20.6. The molecule has 1 N–H and O–H groups in total. The first kappa shape index (κ1) is 12.4. The van der Waals surface area contributed by atoms with Crippen LogP contribution in [0.25, 0.3) is 10.4 Å². The van der Waals surface area contributed by atoms with Crippen LogP contribution in [0.3, 0.4) is 0 Å². The lowest BCUT2D eigenvalue weighted by molar-refractivity contribution is 0.398. The number of nitrogens with zero attached hydrogens (tertiary/aromatic N) is 1. The fourth-order valence-electron chi connectivity index (χ4n) is 2.39. The second-order valence-electron chi connectivity index (χ2n) is 4.91. The molecule has 96 valence electrons. The van der Waals surface area contributed by atoms with Gasteiger partial charge < -0.3 is 10.2 Å². The molecule has 0 spiro atoms. The number of hydrogen-bond acceptors (Lipinski definition) is 4.